The topological polar surface area (TPSA) is 97.0 Å². The number of anilines is 2. The molecule has 1 heterocycles. The summed E-state index contributed by atoms with van der Waals surface area (Å²) in [6, 6.07) is 0.340. The average Bonchev–Trinajstić information content (AvgIpc) is 2.49. The van der Waals surface area contributed by atoms with Gasteiger partial charge in [-0.2, -0.15) is 15.0 Å². The van der Waals surface area contributed by atoms with E-state index in [1.165, 1.54) is 24.6 Å². The average molecular weight is 338 g/mol. The van der Waals surface area contributed by atoms with Crippen molar-refractivity contribution in [1.82, 2.24) is 20.3 Å². The van der Waals surface area contributed by atoms with Crippen LogP contribution in [0, 0.1) is 5.92 Å². The first kappa shape index (κ1) is 17.8. The lowest BCUT2D eigenvalue weighted by Crippen LogP contribution is -2.38. The standard InChI is InChI=1S/C15H26N6OS/c1-10-4-6-11(7-5-10)17-13(22)9-23-8-12-18-14(16)20-15(19-12)21(2)3/h10-11H,4-9H2,1-3H3,(H,17,22)(H2,16,18,19,20). The molecule has 0 radical (unpaired) electrons. The highest BCUT2D eigenvalue weighted by molar-refractivity contribution is 7.99. The minimum Gasteiger partial charge on any atom is -0.368 e. The normalized spacial score (nSPS) is 21.0. The van der Waals surface area contributed by atoms with Gasteiger partial charge in [0.1, 0.15) is 5.82 Å². The molecule has 0 saturated heterocycles. The van der Waals surface area contributed by atoms with E-state index in [0.29, 0.717) is 29.3 Å². The number of nitrogens with two attached hydrogens (primary N) is 1. The van der Waals surface area contributed by atoms with Crippen molar-refractivity contribution < 1.29 is 4.79 Å². The molecule has 1 aliphatic carbocycles. The molecule has 1 saturated carbocycles. The first-order chi connectivity index (χ1) is 10.9. The molecule has 1 aliphatic rings. The van der Waals surface area contributed by atoms with Gasteiger partial charge in [0.2, 0.25) is 17.8 Å². The Labute approximate surface area is 141 Å². The van der Waals surface area contributed by atoms with Crippen LogP contribution < -0.4 is 16.0 Å². The molecule has 23 heavy (non-hydrogen) atoms. The van der Waals surface area contributed by atoms with E-state index < -0.39 is 0 Å². The molecule has 1 amide bonds. The number of aromatic nitrogens is 3. The van der Waals surface area contributed by atoms with Crippen molar-refractivity contribution in [3.05, 3.63) is 5.82 Å². The summed E-state index contributed by atoms with van der Waals surface area (Å²) in [5, 5.41) is 3.12. The zero-order chi connectivity index (χ0) is 16.8. The molecule has 0 aliphatic heterocycles. The van der Waals surface area contributed by atoms with Gasteiger partial charge < -0.3 is 16.0 Å². The third kappa shape index (κ3) is 5.85. The number of carbonyl (C=O) groups excluding carboxylic acids is 1. The predicted molar refractivity (Wildman–Crippen MR) is 94.3 cm³/mol. The van der Waals surface area contributed by atoms with Crippen LogP contribution in [0.15, 0.2) is 0 Å². The highest BCUT2D eigenvalue weighted by Crippen LogP contribution is 2.23. The fraction of sp³-hybridized carbons (Fsp3) is 0.733. The molecule has 1 aromatic rings. The monoisotopic (exact) mass is 338 g/mol. The Kier molecular flexibility index (Phi) is 6.44. The number of nitrogen functional groups attached to an aromatic ring is 1. The molecule has 2 rings (SSSR count). The van der Waals surface area contributed by atoms with Crippen molar-refractivity contribution in [3.8, 4) is 0 Å². The lowest BCUT2D eigenvalue weighted by Gasteiger charge is -2.26. The SMILES string of the molecule is CC1CCC(NC(=O)CSCc2nc(N)nc(N(C)C)n2)CC1. The van der Waals surface area contributed by atoms with Crippen molar-refractivity contribution in [1.29, 1.82) is 0 Å². The summed E-state index contributed by atoms with van der Waals surface area (Å²) in [6.45, 7) is 2.27. The zero-order valence-corrected chi connectivity index (χ0v) is 14.9. The van der Waals surface area contributed by atoms with E-state index in [2.05, 4.69) is 27.2 Å². The fourth-order valence-corrected chi connectivity index (χ4v) is 3.28. The third-order valence-electron chi connectivity index (χ3n) is 3.93. The lowest BCUT2D eigenvalue weighted by molar-refractivity contribution is -0.119. The maximum absolute atomic E-state index is 12.0. The first-order valence-electron chi connectivity index (χ1n) is 7.99. The molecule has 0 aromatic carbocycles. The van der Waals surface area contributed by atoms with E-state index in [0.717, 1.165) is 18.8 Å². The molecular formula is C15H26N6OS. The van der Waals surface area contributed by atoms with Crippen LogP contribution in [-0.4, -0.2) is 46.7 Å². The Balaban J connectivity index is 1.75. The van der Waals surface area contributed by atoms with Crippen LogP contribution in [0.1, 0.15) is 38.4 Å². The summed E-state index contributed by atoms with van der Waals surface area (Å²) in [4.78, 5) is 26.3. The van der Waals surface area contributed by atoms with Crippen LogP contribution in [-0.2, 0) is 10.5 Å². The third-order valence-corrected chi connectivity index (χ3v) is 4.86. The quantitative estimate of drug-likeness (QED) is 0.810. The van der Waals surface area contributed by atoms with Crippen LogP contribution in [0.2, 0.25) is 0 Å². The van der Waals surface area contributed by atoms with E-state index in [-0.39, 0.29) is 11.9 Å². The van der Waals surface area contributed by atoms with E-state index in [4.69, 9.17) is 5.73 Å². The highest BCUT2D eigenvalue weighted by atomic mass is 32.2. The second-order valence-corrected chi connectivity index (χ2v) is 7.31. The fourth-order valence-electron chi connectivity index (χ4n) is 2.60. The van der Waals surface area contributed by atoms with Gasteiger partial charge in [0, 0.05) is 20.1 Å². The number of carbonyl (C=O) groups is 1. The molecule has 0 bridgehead atoms. The lowest BCUT2D eigenvalue weighted by atomic mass is 9.87. The van der Waals surface area contributed by atoms with Gasteiger partial charge >= 0.3 is 0 Å². The van der Waals surface area contributed by atoms with Crippen LogP contribution in [0.4, 0.5) is 11.9 Å². The van der Waals surface area contributed by atoms with Crippen molar-refractivity contribution in [2.45, 2.75) is 44.4 Å². The van der Waals surface area contributed by atoms with Crippen LogP contribution in [0.5, 0.6) is 0 Å². The number of thioether (sulfide) groups is 1. The minimum atomic E-state index is 0.0874. The molecule has 0 spiro atoms. The molecule has 0 atom stereocenters. The molecule has 0 unspecified atom stereocenters. The second kappa shape index (κ2) is 8.33. The van der Waals surface area contributed by atoms with Crippen molar-refractivity contribution >= 4 is 29.6 Å². The number of nitrogens with one attached hydrogen (secondary N) is 1. The largest absolute Gasteiger partial charge is 0.368 e. The second-order valence-electron chi connectivity index (χ2n) is 6.32. The van der Waals surface area contributed by atoms with Crippen molar-refractivity contribution in [2.24, 2.45) is 5.92 Å². The smallest absolute Gasteiger partial charge is 0.230 e. The highest BCUT2D eigenvalue weighted by Gasteiger charge is 2.19. The van der Waals surface area contributed by atoms with E-state index in [1.54, 1.807) is 4.90 Å². The first-order valence-corrected chi connectivity index (χ1v) is 9.14. The van der Waals surface area contributed by atoms with Crippen LogP contribution in [0.25, 0.3) is 0 Å². The van der Waals surface area contributed by atoms with Crippen molar-refractivity contribution in [3.63, 3.8) is 0 Å². The van der Waals surface area contributed by atoms with Gasteiger partial charge in [-0.15, -0.1) is 11.8 Å². The van der Waals surface area contributed by atoms with Gasteiger partial charge in [-0.05, 0) is 31.6 Å². The zero-order valence-electron chi connectivity index (χ0n) is 14.1. The maximum Gasteiger partial charge on any atom is 0.230 e. The number of nitrogens with zero attached hydrogens (tertiary/aromatic N) is 4. The summed E-state index contributed by atoms with van der Waals surface area (Å²) in [6.07, 6.45) is 4.59. The summed E-state index contributed by atoms with van der Waals surface area (Å²) >= 11 is 1.49. The number of hydrogen-bond acceptors (Lipinski definition) is 7. The summed E-state index contributed by atoms with van der Waals surface area (Å²) in [5.41, 5.74) is 5.69. The summed E-state index contributed by atoms with van der Waals surface area (Å²) < 4.78 is 0. The molecular weight excluding hydrogens is 312 g/mol. The molecule has 7 nitrogen and oxygen atoms in total. The Hall–Kier alpha value is -1.57. The summed E-state index contributed by atoms with van der Waals surface area (Å²) in [7, 11) is 3.70. The molecule has 3 N–H and O–H groups in total. The Bertz CT molecular complexity index is 531. The maximum atomic E-state index is 12.0. The number of hydrogen-bond donors (Lipinski definition) is 2. The van der Waals surface area contributed by atoms with E-state index >= 15 is 0 Å². The molecule has 1 aromatic heterocycles. The molecule has 8 heteroatoms. The van der Waals surface area contributed by atoms with Gasteiger partial charge in [-0.1, -0.05) is 6.92 Å². The Morgan fingerprint density at radius 3 is 2.61 bits per heavy atom. The Morgan fingerprint density at radius 2 is 1.96 bits per heavy atom. The minimum absolute atomic E-state index is 0.0874. The van der Waals surface area contributed by atoms with Gasteiger partial charge in [0.25, 0.3) is 0 Å². The number of amides is 1. The van der Waals surface area contributed by atoms with Crippen molar-refractivity contribution in [2.75, 3.05) is 30.5 Å². The molecule has 128 valence electrons. The van der Waals surface area contributed by atoms with E-state index in [9.17, 15) is 4.79 Å². The van der Waals surface area contributed by atoms with Crippen LogP contribution in [0.3, 0.4) is 0 Å². The van der Waals surface area contributed by atoms with Gasteiger partial charge in [-0.25, -0.2) is 0 Å². The van der Waals surface area contributed by atoms with Gasteiger partial charge in [0.15, 0.2) is 0 Å². The van der Waals surface area contributed by atoms with E-state index in [1.807, 2.05) is 14.1 Å². The van der Waals surface area contributed by atoms with Gasteiger partial charge in [0.05, 0.1) is 11.5 Å². The molecule has 1 fully saturated rings. The number of rotatable bonds is 6. The van der Waals surface area contributed by atoms with Crippen LogP contribution >= 0.6 is 11.8 Å². The Morgan fingerprint density at radius 1 is 1.26 bits per heavy atom. The predicted octanol–water partition coefficient (Wildman–Crippen LogP) is 1.45. The van der Waals surface area contributed by atoms with Gasteiger partial charge in [-0.3, -0.25) is 4.79 Å². The summed E-state index contributed by atoms with van der Waals surface area (Å²) in [5.74, 6) is 3.18.